The van der Waals surface area contributed by atoms with E-state index in [9.17, 15) is 4.79 Å². The Hall–Kier alpha value is -1.56. The average Bonchev–Trinajstić information content (AvgIpc) is 2.76. The third-order valence-electron chi connectivity index (χ3n) is 3.22. The van der Waals surface area contributed by atoms with Crippen molar-refractivity contribution in [2.45, 2.75) is 19.9 Å². The fourth-order valence-electron chi connectivity index (χ4n) is 2.24. The summed E-state index contributed by atoms with van der Waals surface area (Å²) in [6, 6.07) is 1.70. The van der Waals surface area contributed by atoms with Crippen LogP contribution in [0, 0.1) is 0 Å². The van der Waals surface area contributed by atoms with Crippen LogP contribution in [0.4, 0.5) is 5.82 Å². The van der Waals surface area contributed by atoms with E-state index in [1.54, 1.807) is 16.9 Å². The maximum atomic E-state index is 12.0. The van der Waals surface area contributed by atoms with Crippen molar-refractivity contribution in [3.05, 3.63) is 12.3 Å². The van der Waals surface area contributed by atoms with Gasteiger partial charge < -0.3 is 10.6 Å². The van der Waals surface area contributed by atoms with Crippen molar-refractivity contribution in [2.75, 3.05) is 38.5 Å². The summed E-state index contributed by atoms with van der Waals surface area (Å²) in [5.74, 6) is 0.574. The van der Waals surface area contributed by atoms with Crippen LogP contribution in [0.25, 0.3) is 0 Å². The first-order chi connectivity index (χ1) is 8.69. The van der Waals surface area contributed by atoms with Gasteiger partial charge in [0.2, 0.25) is 5.91 Å². The molecule has 1 aliphatic rings. The molecule has 1 aromatic rings. The minimum absolute atomic E-state index is 0.120. The first-order valence-electron chi connectivity index (χ1n) is 6.48. The zero-order valence-corrected chi connectivity index (χ0v) is 10.9. The van der Waals surface area contributed by atoms with E-state index in [2.05, 4.69) is 16.9 Å². The van der Waals surface area contributed by atoms with Crippen molar-refractivity contribution >= 4 is 11.7 Å². The largest absolute Gasteiger partial charge is 0.382 e. The van der Waals surface area contributed by atoms with Gasteiger partial charge in [0.05, 0.1) is 0 Å². The molecule has 0 aliphatic carbocycles. The number of carbonyl (C=O) groups is 1. The van der Waals surface area contributed by atoms with Gasteiger partial charge in [0.1, 0.15) is 12.4 Å². The van der Waals surface area contributed by atoms with E-state index >= 15 is 0 Å². The number of anilines is 1. The third-order valence-corrected chi connectivity index (χ3v) is 3.22. The van der Waals surface area contributed by atoms with Gasteiger partial charge in [-0.1, -0.05) is 6.92 Å². The molecule has 100 valence electrons. The fourth-order valence-corrected chi connectivity index (χ4v) is 2.24. The van der Waals surface area contributed by atoms with Gasteiger partial charge in [0.15, 0.2) is 0 Å². The van der Waals surface area contributed by atoms with Crippen LogP contribution in [0.1, 0.15) is 13.3 Å². The van der Waals surface area contributed by atoms with Crippen molar-refractivity contribution in [3.63, 3.8) is 0 Å². The summed E-state index contributed by atoms with van der Waals surface area (Å²) < 4.78 is 1.59. The predicted molar refractivity (Wildman–Crippen MR) is 70.0 cm³/mol. The van der Waals surface area contributed by atoms with Crippen LogP contribution in [0.5, 0.6) is 0 Å². The molecule has 0 atom stereocenters. The van der Waals surface area contributed by atoms with Crippen LogP contribution in [-0.4, -0.2) is 58.2 Å². The number of hydrogen-bond acceptors (Lipinski definition) is 4. The molecule has 1 fully saturated rings. The summed E-state index contributed by atoms with van der Waals surface area (Å²) in [5, 5.41) is 4.03. The second-order valence-electron chi connectivity index (χ2n) is 4.66. The van der Waals surface area contributed by atoms with Gasteiger partial charge in [0.25, 0.3) is 0 Å². The molecule has 6 nitrogen and oxygen atoms in total. The molecule has 1 amide bonds. The van der Waals surface area contributed by atoms with E-state index < -0.39 is 0 Å². The van der Waals surface area contributed by atoms with Crippen LogP contribution in [-0.2, 0) is 11.3 Å². The van der Waals surface area contributed by atoms with E-state index in [0.29, 0.717) is 5.82 Å². The Bertz CT molecular complexity index is 395. The molecule has 0 bridgehead atoms. The zero-order valence-electron chi connectivity index (χ0n) is 10.9. The van der Waals surface area contributed by atoms with Crippen molar-refractivity contribution in [1.29, 1.82) is 0 Å². The lowest BCUT2D eigenvalue weighted by atomic mass is 10.3. The molecule has 2 heterocycles. The molecule has 2 N–H and O–H groups in total. The lowest BCUT2D eigenvalue weighted by molar-refractivity contribution is -0.133. The molecule has 6 heteroatoms. The first kappa shape index (κ1) is 12.9. The first-order valence-corrected chi connectivity index (χ1v) is 6.48. The van der Waals surface area contributed by atoms with Gasteiger partial charge in [0, 0.05) is 32.4 Å². The van der Waals surface area contributed by atoms with Crippen LogP contribution in [0.15, 0.2) is 12.3 Å². The molecule has 18 heavy (non-hydrogen) atoms. The van der Waals surface area contributed by atoms with Gasteiger partial charge >= 0.3 is 0 Å². The lowest BCUT2D eigenvalue weighted by Crippen LogP contribution is -2.49. The Morgan fingerprint density at radius 1 is 1.39 bits per heavy atom. The smallest absolute Gasteiger partial charge is 0.244 e. The topological polar surface area (TPSA) is 67.4 Å². The second-order valence-corrected chi connectivity index (χ2v) is 4.66. The summed E-state index contributed by atoms with van der Waals surface area (Å²) >= 11 is 0. The van der Waals surface area contributed by atoms with Gasteiger partial charge in [-0.3, -0.25) is 14.4 Å². The van der Waals surface area contributed by atoms with Crippen LogP contribution in [0.2, 0.25) is 0 Å². The minimum atomic E-state index is 0.120. The van der Waals surface area contributed by atoms with E-state index in [1.165, 1.54) is 6.42 Å². The van der Waals surface area contributed by atoms with Crippen LogP contribution >= 0.6 is 0 Å². The highest BCUT2D eigenvalue weighted by atomic mass is 16.2. The SMILES string of the molecule is CCCN1CCN(C(=O)Cn2ccc(N)n2)CC1. The number of hydrogen-bond donors (Lipinski definition) is 1. The molecule has 2 rings (SSSR count). The Kier molecular flexibility index (Phi) is 4.19. The monoisotopic (exact) mass is 251 g/mol. The van der Waals surface area contributed by atoms with Gasteiger partial charge in [-0.2, -0.15) is 5.10 Å². The molecule has 0 unspecified atom stereocenters. The zero-order chi connectivity index (χ0) is 13.0. The summed E-state index contributed by atoms with van der Waals surface area (Å²) in [4.78, 5) is 16.4. The van der Waals surface area contributed by atoms with Crippen molar-refractivity contribution in [3.8, 4) is 0 Å². The Morgan fingerprint density at radius 2 is 2.11 bits per heavy atom. The highest BCUT2D eigenvalue weighted by Crippen LogP contribution is 2.04. The van der Waals surface area contributed by atoms with Gasteiger partial charge in [-0.15, -0.1) is 0 Å². The normalized spacial score (nSPS) is 17.1. The Morgan fingerprint density at radius 3 is 2.67 bits per heavy atom. The fraction of sp³-hybridized carbons (Fsp3) is 0.667. The minimum Gasteiger partial charge on any atom is -0.382 e. The number of aromatic nitrogens is 2. The van der Waals surface area contributed by atoms with E-state index in [1.807, 2.05) is 4.90 Å². The maximum Gasteiger partial charge on any atom is 0.244 e. The summed E-state index contributed by atoms with van der Waals surface area (Å²) in [6.45, 7) is 7.16. The lowest BCUT2D eigenvalue weighted by Gasteiger charge is -2.34. The van der Waals surface area contributed by atoms with Crippen molar-refractivity contribution < 1.29 is 4.79 Å². The Balaban J connectivity index is 1.80. The molecule has 1 saturated heterocycles. The highest BCUT2D eigenvalue weighted by Gasteiger charge is 2.20. The maximum absolute atomic E-state index is 12.0. The highest BCUT2D eigenvalue weighted by molar-refractivity contribution is 5.76. The van der Waals surface area contributed by atoms with Crippen LogP contribution in [0.3, 0.4) is 0 Å². The third kappa shape index (κ3) is 3.22. The van der Waals surface area contributed by atoms with Gasteiger partial charge in [-0.05, 0) is 19.0 Å². The quantitative estimate of drug-likeness (QED) is 0.819. The average molecular weight is 251 g/mol. The van der Waals surface area contributed by atoms with Crippen LogP contribution < -0.4 is 5.73 Å². The summed E-state index contributed by atoms with van der Waals surface area (Å²) in [7, 11) is 0. The number of carbonyl (C=O) groups excluding carboxylic acids is 1. The number of amides is 1. The van der Waals surface area contributed by atoms with E-state index in [4.69, 9.17) is 5.73 Å². The standard InChI is InChI=1S/C12H21N5O/c1-2-4-15-6-8-16(9-7-15)12(18)10-17-5-3-11(13)14-17/h3,5H,2,4,6-10H2,1H3,(H2,13,14). The molecule has 0 radical (unpaired) electrons. The molecule has 0 saturated carbocycles. The molecule has 0 aromatic carbocycles. The molecule has 1 aliphatic heterocycles. The summed E-state index contributed by atoms with van der Waals surface area (Å²) in [6.07, 6.45) is 2.90. The van der Waals surface area contributed by atoms with E-state index in [0.717, 1.165) is 32.7 Å². The molecule has 0 spiro atoms. The number of nitrogens with zero attached hydrogens (tertiary/aromatic N) is 4. The van der Waals surface area contributed by atoms with Gasteiger partial charge in [-0.25, -0.2) is 0 Å². The summed E-state index contributed by atoms with van der Waals surface area (Å²) in [5.41, 5.74) is 5.52. The van der Waals surface area contributed by atoms with E-state index in [-0.39, 0.29) is 12.5 Å². The van der Waals surface area contributed by atoms with Crippen molar-refractivity contribution in [1.82, 2.24) is 19.6 Å². The molecule has 1 aromatic heterocycles. The second kappa shape index (κ2) is 5.86. The molecular weight excluding hydrogens is 230 g/mol. The Labute approximate surface area is 107 Å². The predicted octanol–water partition coefficient (Wildman–Crippen LogP) is 0.0195. The molecular formula is C12H21N5O. The number of nitrogen functional groups attached to an aromatic ring is 1. The number of rotatable bonds is 4. The number of piperazine rings is 1. The van der Waals surface area contributed by atoms with Crippen molar-refractivity contribution in [2.24, 2.45) is 0 Å². The number of nitrogens with two attached hydrogens (primary N) is 1.